The summed E-state index contributed by atoms with van der Waals surface area (Å²) in [5.74, 6) is -0.884. The fourth-order valence-corrected chi connectivity index (χ4v) is 6.78. The van der Waals surface area contributed by atoms with Gasteiger partial charge in [0, 0.05) is 12.8 Å². The van der Waals surface area contributed by atoms with Crippen LogP contribution < -0.4 is 0 Å². The molecule has 1 N–H and O–H groups in total. The first-order chi connectivity index (χ1) is 27.5. The van der Waals surface area contributed by atoms with E-state index in [1.165, 1.54) is 64.2 Å². The fourth-order valence-electron chi connectivity index (χ4n) is 6.04. The summed E-state index contributed by atoms with van der Waals surface area (Å²) in [5, 5.41) is 0. The normalized spacial score (nSPS) is 17.6. The highest BCUT2D eigenvalue weighted by molar-refractivity contribution is 7.47. The van der Waals surface area contributed by atoms with Crippen LogP contribution in [0.4, 0.5) is 0 Å². The van der Waals surface area contributed by atoms with Crippen molar-refractivity contribution in [3.05, 3.63) is 48.6 Å². The molecule has 0 aromatic carbocycles. The van der Waals surface area contributed by atoms with Gasteiger partial charge in [-0.05, 0) is 77.0 Å². The summed E-state index contributed by atoms with van der Waals surface area (Å²) in [6.07, 6.45) is 41.9. The Hall–Kier alpha value is -2.07. The van der Waals surface area contributed by atoms with E-state index in [0.717, 1.165) is 64.2 Å². The van der Waals surface area contributed by atoms with Crippen molar-refractivity contribution in [2.24, 2.45) is 0 Å². The number of phosphoric acid groups is 1. The smallest absolute Gasteiger partial charge is 0.462 e. The largest absolute Gasteiger partial charge is 0.472 e. The predicted octanol–water partition coefficient (Wildman–Crippen LogP) is 11.7. The van der Waals surface area contributed by atoms with Gasteiger partial charge >= 0.3 is 19.8 Å². The van der Waals surface area contributed by atoms with Crippen LogP contribution in [0.1, 0.15) is 168 Å². The Morgan fingerprint density at radius 2 is 1.12 bits per heavy atom. The first-order valence-corrected chi connectivity index (χ1v) is 24.0. The Bertz CT molecular complexity index is 1180. The maximum Gasteiger partial charge on any atom is 0.472 e. The number of quaternary nitrogens is 1. The number of carbonyl (C=O) groups excluding carboxylic acids is 2. The number of carbonyl (C=O) groups is 2. The maximum atomic E-state index is 12.7. The second-order valence-electron chi connectivity index (χ2n) is 16.5. The quantitative estimate of drug-likeness (QED) is 0.0161. The number of phosphoric ester groups is 1. The van der Waals surface area contributed by atoms with Crippen LogP contribution >= 0.6 is 7.82 Å². The number of hydrogen-bond donors (Lipinski definition) is 1. The van der Waals surface area contributed by atoms with Gasteiger partial charge in [0.15, 0.2) is 6.10 Å². The van der Waals surface area contributed by atoms with Gasteiger partial charge in [0.25, 0.3) is 0 Å². The molecule has 0 aliphatic carbocycles. The molecule has 0 saturated carbocycles. The maximum absolute atomic E-state index is 12.7. The third kappa shape index (κ3) is 35.6. The van der Waals surface area contributed by atoms with Crippen molar-refractivity contribution >= 4 is 19.8 Å². The van der Waals surface area contributed by atoms with Gasteiger partial charge < -0.3 is 23.6 Å². The van der Waals surface area contributed by atoms with Gasteiger partial charge in [-0.2, -0.15) is 0 Å². The summed E-state index contributed by atoms with van der Waals surface area (Å²) in [5.41, 5.74) is 0. The fraction of sp³-hybridized carbons (Fsp3) is 0.783. The molecule has 1 rings (SSSR count). The van der Waals surface area contributed by atoms with Crippen molar-refractivity contribution in [2.75, 3.05) is 47.5 Å². The average Bonchev–Trinajstić information content (AvgIpc) is 3.92. The van der Waals surface area contributed by atoms with Crippen LogP contribution in [0.15, 0.2) is 48.6 Å². The molecule has 0 aromatic rings. The molecule has 1 aliphatic rings. The van der Waals surface area contributed by atoms with E-state index in [-0.39, 0.29) is 38.3 Å². The zero-order valence-electron chi connectivity index (χ0n) is 36.8. The van der Waals surface area contributed by atoms with Gasteiger partial charge in [0.2, 0.25) is 0 Å². The summed E-state index contributed by atoms with van der Waals surface area (Å²) in [4.78, 5) is 35.4. The lowest BCUT2D eigenvalue weighted by molar-refractivity contribution is -0.870. The van der Waals surface area contributed by atoms with Crippen molar-refractivity contribution in [3.8, 4) is 0 Å². The standard InChI is InChI=1S/C46H82NO9P/c1-6-8-10-12-14-16-17-18-19-20-21-23-25-27-32-36-45(48)52-40-42(41-54-57(50,51)53-39-38-47(3,4)5)55-46(49)37-33-29-28-31-35-44-43(56-44)34-30-26-24-22-15-13-11-9-7-2/h15,18-19,22,26,28,30-31,42-44H,6-14,16-17,20-21,23-25,27,29,32-41H2,1-5H3/p+1/b19-18-,22-15-,30-26-,31-28-/t42-,43?,44?/m1/s1. The first-order valence-electron chi connectivity index (χ1n) is 22.5. The van der Waals surface area contributed by atoms with E-state index in [2.05, 4.69) is 62.5 Å². The molecule has 57 heavy (non-hydrogen) atoms. The summed E-state index contributed by atoms with van der Waals surface area (Å²) >= 11 is 0. The van der Waals surface area contributed by atoms with Crippen molar-refractivity contribution < 1.29 is 46.8 Å². The van der Waals surface area contributed by atoms with Gasteiger partial charge in [-0.3, -0.25) is 18.6 Å². The molecule has 330 valence electrons. The SMILES string of the molecule is CCCCC/C=C\C/C=C\CC1OC1C/C=C\CCCC(=O)O[C@H](COC(=O)CCCCCCC/C=C\CCCCCCCC)COP(=O)(O)OCC[N+](C)(C)C. The lowest BCUT2D eigenvalue weighted by Crippen LogP contribution is -2.37. The molecular formula is C46H83NO9P+. The third-order valence-corrected chi connectivity index (χ3v) is 10.7. The van der Waals surface area contributed by atoms with Gasteiger partial charge in [-0.25, -0.2) is 4.57 Å². The Balaban J connectivity index is 2.34. The highest BCUT2D eigenvalue weighted by atomic mass is 31.2. The van der Waals surface area contributed by atoms with Crippen molar-refractivity contribution in [1.82, 2.24) is 0 Å². The molecule has 1 aliphatic heterocycles. The Labute approximate surface area is 348 Å². The summed E-state index contributed by atoms with van der Waals surface area (Å²) < 4.78 is 40.0. The zero-order chi connectivity index (χ0) is 41.9. The van der Waals surface area contributed by atoms with Crippen LogP contribution in [-0.2, 0) is 37.4 Å². The highest BCUT2D eigenvalue weighted by Crippen LogP contribution is 2.43. The van der Waals surface area contributed by atoms with Gasteiger partial charge in [-0.1, -0.05) is 127 Å². The van der Waals surface area contributed by atoms with E-state index in [0.29, 0.717) is 23.9 Å². The minimum absolute atomic E-state index is 0.0158. The number of hydrogen-bond acceptors (Lipinski definition) is 8. The molecule has 4 atom stereocenters. The first kappa shape index (κ1) is 52.9. The van der Waals surface area contributed by atoms with Crippen LogP contribution in [0.3, 0.4) is 0 Å². The van der Waals surface area contributed by atoms with E-state index < -0.39 is 32.5 Å². The highest BCUT2D eigenvalue weighted by Gasteiger charge is 2.36. The average molecular weight is 825 g/mol. The van der Waals surface area contributed by atoms with E-state index >= 15 is 0 Å². The lowest BCUT2D eigenvalue weighted by atomic mass is 10.1. The van der Waals surface area contributed by atoms with Crippen LogP contribution in [0.25, 0.3) is 0 Å². The molecule has 1 fully saturated rings. The van der Waals surface area contributed by atoms with E-state index in [1.54, 1.807) is 0 Å². The molecule has 0 amide bonds. The van der Waals surface area contributed by atoms with Crippen molar-refractivity contribution in [2.45, 2.75) is 186 Å². The topological polar surface area (TPSA) is 121 Å². The number of allylic oxidation sites excluding steroid dienone is 6. The van der Waals surface area contributed by atoms with Crippen LogP contribution in [-0.4, -0.2) is 87.1 Å². The number of rotatable bonds is 39. The molecule has 0 spiro atoms. The molecule has 1 saturated heterocycles. The zero-order valence-corrected chi connectivity index (χ0v) is 37.7. The molecule has 0 bridgehead atoms. The van der Waals surface area contributed by atoms with E-state index in [9.17, 15) is 19.0 Å². The molecule has 0 aromatic heterocycles. The second kappa shape index (κ2) is 34.8. The number of esters is 2. The van der Waals surface area contributed by atoms with Gasteiger partial charge in [0.05, 0.1) is 40.0 Å². The molecule has 1 heterocycles. The second-order valence-corrected chi connectivity index (χ2v) is 17.9. The Morgan fingerprint density at radius 1 is 0.632 bits per heavy atom. The van der Waals surface area contributed by atoms with Crippen LogP contribution in [0.5, 0.6) is 0 Å². The molecular weight excluding hydrogens is 741 g/mol. The summed E-state index contributed by atoms with van der Waals surface area (Å²) in [6.45, 7) is 4.29. The van der Waals surface area contributed by atoms with E-state index in [1.807, 2.05) is 21.1 Å². The van der Waals surface area contributed by atoms with Crippen LogP contribution in [0.2, 0.25) is 0 Å². The number of likely N-dealkylation sites (N-methyl/N-ethyl adjacent to an activating group) is 1. The summed E-state index contributed by atoms with van der Waals surface area (Å²) in [6, 6.07) is 0. The molecule has 10 nitrogen and oxygen atoms in total. The number of unbranched alkanes of at least 4 members (excludes halogenated alkanes) is 15. The van der Waals surface area contributed by atoms with Crippen molar-refractivity contribution in [3.63, 3.8) is 0 Å². The lowest BCUT2D eigenvalue weighted by Gasteiger charge is -2.24. The Kier molecular flexibility index (Phi) is 32.3. The predicted molar refractivity (Wildman–Crippen MR) is 233 cm³/mol. The third-order valence-electron chi connectivity index (χ3n) is 9.73. The minimum atomic E-state index is -4.40. The Morgan fingerprint density at radius 3 is 1.77 bits per heavy atom. The minimum Gasteiger partial charge on any atom is -0.462 e. The monoisotopic (exact) mass is 825 g/mol. The van der Waals surface area contributed by atoms with Gasteiger partial charge in [-0.15, -0.1) is 0 Å². The van der Waals surface area contributed by atoms with Crippen molar-refractivity contribution in [1.29, 1.82) is 0 Å². The molecule has 3 unspecified atom stereocenters. The van der Waals surface area contributed by atoms with Gasteiger partial charge in [0.1, 0.15) is 19.8 Å². The molecule has 0 radical (unpaired) electrons. The molecule has 11 heteroatoms. The number of ether oxygens (including phenoxy) is 3. The number of nitrogens with zero attached hydrogens (tertiary/aromatic N) is 1. The summed E-state index contributed by atoms with van der Waals surface area (Å²) in [7, 11) is 1.42. The number of epoxide rings is 1. The van der Waals surface area contributed by atoms with E-state index in [4.69, 9.17) is 23.3 Å². The van der Waals surface area contributed by atoms with Crippen LogP contribution in [0, 0.1) is 0 Å².